The molecule has 0 spiro atoms. The van der Waals surface area contributed by atoms with Crippen LogP contribution >= 0.6 is 0 Å². The van der Waals surface area contributed by atoms with Gasteiger partial charge >= 0.3 is 0 Å². The van der Waals surface area contributed by atoms with Gasteiger partial charge in [-0.1, -0.05) is 37.3 Å². The Kier molecular flexibility index (Phi) is 4.09. The predicted octanol–water partition coefficient (Wildman–Crippen LogP) is 2.43. The normalized spacial score (nSPS) is 16.7. The minimum absolute atomic E-state index is 0.0176. The number of carbonyl (C=O) groups is 1. The standard InChI is InChI=1S/C19H21N5O/c1-2-17-20-8-11-23(17)14-19(25)24-13-18-21-9-10-22(18)12-16(24)15-6-4-3-5-7-15/h3-11,16H,2,12-14H2,1H3. The molecule has 0 aliphatic carbocycles. The van der Waals surface area contributed by atoms with Crippen LogP contribution in [0.4, 0.5) is 0 Å². The Labute approximate surface area is 146 Å². The molecule has 0 radical (unpaired) electrons. The fraction of sp³-hybridized carbons (Fsp3) is 0.316. The summed E-state index contributed by atoms with van der Waals surface area (Å²) in [7, 11) is 0. The van der Waals surface area contributed by atoms with Crippen molar-refractivity contribution in [1.29, 1.82) is 0 Å². The topological polar surface area (TPSA) is 56.0 Å². The fourth-order valence-electron chi connectivity index (χ4n) is 3.46. The molecule has 1 aromatic carbocycles. The monoisotopic (exact) mass is 335 g/mol. The summed E-state index contributed by atoms with van der Waals surface area (Å²) in [6.07, 6.45) is 8.23. The van der Waals surface area contributed by atoms with Crippen molar-refractivity contribution < 1.29 is 4.79 Å². The van der Waals surface area contributed by atoms with Gasteiger partial charge in [0, 0.05) is 37.8 Å². The van der Waals surface area contributed by atoms with E-state index in [1.54, 1.807) is 12.4 Å². The van der Waals surface area contributed by atoms with E-state index < -0.39 is 0 Å². The summed E-state index contributed by atoms with van der Waals surface area (Å²) in [4.78, 5) is 23.7. The van der Waals surface area contributed by atoms with Crippen molar-refractivity contribution in [3.8, 4) is 0 Å². The highest BCUT2D eigenvalue weighted by molar-refractivity contribution is 5.76. The first kappa shape index (κ1) is 15.6. The molecule has 6 nitrogen and oxygen atoms in total. The number of rotatable bonds is 4. The average Bonchev–Trinajstić information content (AvgIpc) is 3.29. The van der Waals surface area contributed by atoms with Gasteiger partial charge in [-0.15, -0.1) is 0 Å². The number of aryl methyl sites for hydroxylation is 1. The van der Waals surface area contributed by atoms with Crippen molar-refractivity contribution >= 4 is 5.91 Å². The average molecular weight is 335 g/mol. The van der Waals surface area contributed by atoms with E-state index >= 15 is 0 Å². The second-order valence-electron chi connectivity index (χ2n) is 6.27. The van der Waals surface area contributed by atoms with E-state index in [0.717, 1.165) is 30.2 Å². The zero-order valence-electron chi connectivity index (χ0n) is 14.2. The van der Waals surface area contributed by atoms with Crippen molar-refractivity contribution in [2.24, 2.45) is 0 Å². The summed E-state index contributed by atoms with van der Waals surface area (Å²) in [5.74, 6) is 1.96. The van der Waals surface area contributed by atoms with Gasteiger partial charge in [0.1, 0.15) is 18.2 Å². The second-order valence-corrected chi connectivity index (χ2v) is 6.27. The summed E-state index contributed by atoms with van der Waals surface area (Å²) >= 11 is 0. The number of hydrogen-bond donors (Lipinski definition) is 0. The van der Waals surface area contributed by atoms with E-state index in [-0.39, 0.29) is 11.9 Å². The molecule has 0 fully saturated rings. The Bertz CT molecular complexity index is 867. The van der Waals surface area contributed by atoms with Crippen LogP contribution in [-0.2, 0) is 30.8 Å². The third-order valence-corrected chi connectivity index (χ3v) is 4.79. The van der Waals surface area contributed by atoms with Gasteiger partial charge in [0.15, 0.2) is 0 Å². The molecule has 1 aliphatic rings. The third-order valence-electron chi connectivity index (χ3n) is 4.79. The molecule has 3 aromatic rings. The molecule has 0 N–H and O–H groups in total. The highest BCUT2D eigenvalue weighted by atomic mass is 16.2. The van der Waals surface area contributed by atoms with Gasteiger partial charge in [-0.3, -0.25) is 4.79 Å². The molecule has 3 heterocycles. The molecule has 6 heteroatoms. The van der Waals surface area contributed by atoms with E-state index in [9.17, 15) is 4.79 Å². The zero-order chi connectivity index (χ0) is 17.2. The van der Waals surface area contributed by atoms with Gasteiger partial charge in [-0.05, 0) is 5.56 Å². The van der Waals surface area contributed by atoms with Crippen LogP contribution in [0, 0.1) is 0 Å². The number of imidazole rings is 2. The summed E-state index contributed by atoms with van der Waals surface area (Å²) in [5.41, 5.74) is 1.15. The predicted molar refractivity (Wildman–Crippen MR) is 93.6 cm³/mol. The quantitative estimate of drug-likeness (QED) is 0.736. The Balaban J connectivity index is 1.64. The van der Waals surface area contributed by atoms with Gasteiger partial charge in [-0.25, -0.2) is 9.97 Å². The first-order valence-corrected chi connectivity index (χ1v) is 8.60. The van der Waals surface area contributed by atoms with Crippen LogP contribution in [0.1, 0.15) is 30.2 Å². The molecule has 1 unspecified atom stereocenters. The summed E-state index contributed by atoms with van der Waals surface area (Å²) < 4.78 is 4.07. The van der Waals surface area contributed by atoms with Crippen molar-refractivity contribution in [2.45, 2.75) is 39.0 Å². The minimum Gasteiger partial charge on any atom is -0.331 e. The molecule has 1 atom stereocenters. The van der Waals surface area contributed by atoms with Crippen LogP contribution in [0.25, 0.3) is 0 Å². The highest BCUT2D eigenvalue weighted by Gasteiger charge is 2.31. The molecule has 1 amide bonds. The largest absolute Gasteiger partial charge is 0.331 e. The molecule has 25 heavy (non-hydrogen) atoms. The lowest BCUT2D eigenvalue weighted by atomic mass is 10.0. The number of aromatic nitrogens is 4. The first-order chi connectivity index (χ1) is 12.3. The molecular weight excluding hydrogens is 314 g/mol. The number of fused-ring (bicyclic) bond motifs is 1. The van der Waals surface area contributed by atoms with Crippen molar-refractivity contribution in [2.75, 3.05) is 0 Å². The number of hydrogen-bond acceptors (Lipinski definition) is 3. The lowest BCUT2D eigenvalue weighted by Gasteiger charge is -2.36. The Morgan fingerprint density at radius 1 is 1.16 bits per heavy atom. The van der Waals surface area contributed by atoms with Crippen LogP contribution in [0.2, 0.25) is 0 Å². The number of nitrogens with zero attached hydrogens (tertiary/aromatic N) is 5. The summed E-state index contributed by atoms with van der Waals surface area (Å²) in [5, 5.41) is 0. The molecule has 0 saturated heterocycles. The van der Waals surface area contributed by atoms with Crippen LogP contribution in [0.15, 0.2) is 55.1 Å². The van der Waals surface area contributed by atoms with E-state index in [1.807, 2.05) is 47.0 Å². The maximum Gasteiger partial charge on any atom is 0.243 e. The van der Waals surface area contributed by atoms with E-state index in [2.05, 4.69) is 26.7 Å². The molecule has 2 aromatic heterocycles. The lowest BCUT2D eigenvalue weighted by molar-refractivity contribution is -0.136. The summed E-state index contributed by atoms with van der Waals surface area (Å²) in [6, 6.07) is 10.2. The third kappa shape index (κ3) is 2.95. The molecule has 128 valence electrons. The zero-order valence-corrected chi connectivity index (χ0v) is 14.2. The maximum atomic E-state index is 13.1. The summed E-state index contributed by atoms with van der Waals surface area (Å²) in [6.45, 7) is 3.62. The second kappa shape index (κ2) is 6.55. The number of carbonyl (C=O) groups excluding carboxylic acids is 1. The van der Waals surface area contributed by atoms with Crippen LogP contribution < -0.4 is 0 Å². The first-order valence-electron chi connectivity index (χ1n) is 8.60. The Morgan fingerprint density at radius 3 is 2.76 bits per heavy atom. The van der Waals surface area contributed by atoms with Gasteiger partial charge in [-0.2, -0.15) is 0 Å². The van der Waals surface area contributed by atoms with Crippen LogP contribution in [0.3, 0.4) is 0 Å². The van der Waals surface area contributed by atoms with Gasteiger partial charge in [0.05, 0.1) is 12.6 Å². The SMILES string of the molecule is CCc1nccn1CC(=O)N1Cc2nccn2CC1c1ccccc1. The van der Waals surface area contributed by atoms with Crippen molar-refractivity contribution in [3.05, 3.63) is 72.3 Å². The smallest absolute Gasteiger partial charge is 0.243 e. The molecular formula is C19H21N5O. The van der Waals surface area contributed by atoms with Gasteiger partial charge in [0.25, 0.3) is 0 Å². The van der Waals surface area contributed by atoms with Crippen LogP contribution in [-0.4, -0.2) is 29.9 Å². The molecule has 1 aliphatic heterocycles. The van der Waals surface area contributed by atoms with Crippen molar-refractivity contribution in [3.63, 3.8) is 0 Å². The van der Waals surface area contributed by atoms with E-state index in [0.29, 0.717) is 13.1 Å². The van der Waals surface area contributed by atoms with Gasteiger partial charge in [0.2, 0.25) is 5.91 Å². The number of amides is 1. The molecule has 0 bridgehead atoms. The molecule has 4 rings (SSSR count). The Hall–Kier alpha value is -2.89. The fourth-order valence-corrected chi connectivity index (χ4v) is 3.46. The van der Waals surface area contributed by atoms with Gasteiger partial charge < -0.3 is 14.0 Å². The minimum atomic E-state index is 0.0176. The highest BCUT2D eigenvalue weighted by Crippen LogP contribution is 2.29. The maximum absolute atomic E-state index is 13.1. The van der Waals surface area contributed by atoms with E-state index in [4.69, 9.17) is 0 Å². The van der Waals surface area contributed by atoms with Crippen molar-refractivity contribution in [1.82, 2.24) is 24.0 Å². The lowest BCUT2D eigenvalue weighted by Crippen LogP contribution is -2.42. The van der Waals surface area contributed by atoms with E-state index in [1.165, 1.54) is 0 Å². The van der Waals surface area contributed by atoms with Crippen LogP contribution in [0.5, 0.6) is 0 Å². The number of benzene rings is 1. The molecule has 0 saturated carbocycles. The Morgan fingerprint density at radius 2 is 1.96 bits per heavy atom.